The average Bonchev–Trinajstić information content (AvgIpc) is 2.78. The number of halogens is 1. The second-order valence-corrected chi connectivity index (χ2v) is 9.35. The molecule has 0 aliphatic carbocycles. The van der Waals surface area contributed by atoms with E-state index in [0.29, 0.717) is 15.8 Å². The Morgan fingerprint density at radius 1 is 1.10 bits per heavy atom. The van der Waals surface area contributed by atoms with Crippen molar-refractivity contribution in [2.45, 2.75) is 24.6 Å². The number of nitrogens with zero attached hydrogens (tertiary/aromatic N) is 2. The van der Waals surface area contributed by atoms with E-state index in [0.717, 1.165) is 37.4 Å². The Bertz CT molecular complexity index is 913. The monoisotopic (exact) mass is 502 g/mol. The van der Waals surface area contributed by atoms with Crippen LogP contribution in [0, 0.1) is 0 Å². The lowest BCUT2D eigenvalue weighted by atomic mass is 10.1. The van der Waals surface area contributed by atoms with Gasteiger partial charge in [-0.25, -0.2) is 5.43 Å². The molecular formula is C23H27BrN4O2S. The molecule has 164 valence electrons. The summed E-state index contributed by atoms with van der Waals surface area (Å²) in [5.41, 5.74) is 5.34. The quantitative estimate of drug-likeness (QED) is 0.540. The standard InChI is InChI=1S/C23H27BrN4O2S/c1-28-13-11-18(12-14-28)26-27-23(30)21(16-31-15-17-7-3-2-4-8-17)25-22(29)19-9-5-6-10-20(19)24/h2-10,21H,11-16H2,1H3,(H,25,29)(H,27,30). The number of thioether (sulfide) groups is 1. The van der Waals surface area contributed by atoms with Crippen LogP contribution < -0.4 is 10.7 Å². The first kappa shape index (κ1) is 23.5. The van der Waals surface area contributed by atoms with Crippen LogP contribution in [-0.4, -0.2) is 54.4 Å². The van der Waals surface area contributed by atoms with Crippen LogP contribution >= 0.6 is 27.7 Å². The van der Waals surface area contributed by atoms with E-state index in [1.54, 1.807) is 30.0 Å². The predicted molar refractivity (Wildman–Crippen MR) is 130 cm³/mol. The number of hydrogen-bond donors (Lipinski definition) is 2. The maximum Gasteiger partial charge on any atom is 0.263 e. The molecule has 31 heavy (non-hydrogen) atoms. The third-order valence-electron chi connectivity index (χ3n) is 5.02. The van der Waals surface area contributed by atoms with Gasteiger partial charge in [0.25, 0.3) is 11.8 Å². The van der Waals surface area contributed by atoms with E-state index in [2.05, 4.69) is 43.7 Å². The van der Waals surface area contributed by atoms with Gasteiger partial charge in [0.1, 0.15) is 6.04 Å². The van der Waals surface area contributed by atoms with Crippen molar-refractivity contribution in [1.82, 2.24) is 15.6 Å². The Morgan fingerprint density at radius 2 is 1.77 bits per heavy atom. The van der Waals surface area contributed by atoms with Gasteiger partial charge in [-0.1, -0.05) is 42.5 Å². The number of amides is 2. The van der Waals surface area contributed by atoms with Gasteiger partial charge < -0.3 is 10.2 Å². The van der Waals surface area contributed by atoms with Gasteiger partial charge in [-0.3, -0.25) is 9.59 Å². The van der Waals surface area contributed by atoms with Crippen LogP contribution in [0.4, 0.5) is 0 Å². The van der Waals surface area contributed by atoms with Crippen molar-refractivity contribution >= 4 is 45.2 Å². The summed E-state index contributed by atoms with van der Waals surface area (Å²) in [5, 5.41) is 7.20. The van der Waals surface area contributed by atoms with E-state index in [-0.39, 0.29) is 11.8 Å². The zero-order valence-corrected chi connectivity index (χ0v) is 19.9. The second kappa shape index (κ2) is 12.0. The first-order valence-electron chi connectivity index (χ1n) is 10.2. The molecule has 0 saturated carbocycles. The molecule has 2 N–H and O–H groups in total. The Hall–Kier alpha value is -2.16. The van der Waals surface area contributed by atoms with Gasteiger partial charge in [-0.15, -0.1) is 0 Å². The number of hydrazone groups is 1. The fourth-order valence-corrected chi connectivity index (χ4v) is 4.61. The van der Waals surface area contributed by atoms with Crippen LogP contribution in [0.1, 0.15) is 28.8 Å². The molecule has 1 aliphatic rings. The van der Waals surface area contributed by atoms with Crippen molar-refractivity contribution in [3.8, 4) is 0 Å². The molecule has 1 aliphatic heterocycles. The molecule has 1 fully saturated rings. The van der Waals surface area contributed by atoms with Crippen LogP contribution in [0.5, 0.6) is 0 Å². The van der Waals surface area contributed by atoms with Crippen LogP contribution in [0.25, 0.3) is 0 Å². The molecule has 3 rings (SSSR count). The first-order chi connectivity index (χ1) is 15.0. The van der Waals surface area contributed by atoms with Crippen LogP contribution in [0.3, 0.4) is 0 Å². The molecule has 0 radical (unpaired) electrons. The molecule has 1 unspecified atom stereocenters. The van der Waals surface area contributed by atoms with Crippen molar-refractivity contribution in [3.05, 3.63) is 70.2 Å². The molecule has 0 spiro atoms. The SMILES string of the molecule is CN1CCC(=NNC(=O)C(CSCc2ccccc2)NC(=O)c2ccccc2Br)CC1. The summed E-state index contributed by atoms with van der Waals surface area (Å²) in [6.45, 7) is 1.87. The smallest absolute Gasteiger partial charge is 0.263 e. The minimum absolute atomic E-state index is 0.292. The minimum atomic E-state index is -0.691. The minimum Gasteiger partial charge on any atom is -0.339 e. The summed E-state index contributed by atoms with van der Waals surface area (Å²) in [6, 6.07) is 16.5. The molecule has 1 heterocycles. The van der Waals surface area contributed by atoms with Crippen molar-refractivity contribution in [3.63, 3.8) is 0 Å². The van der Waals surface area contributed by atoms with Gasteiger partial charge in [0.05, 0.1) is 5.56 Å². The summed E-state index contributed by atoms with van der Waals surface area (Å²) < 4.78 is 0.690. The lowest BCUT2D eigenvalue weighted by Gasteiger charge is -2.23. The van der Waals surface area contributed by atoms with E-state index in [9.17, 15) is 9.59 Å². The Kier molecular flexibility index (Phi) is 9.12. The van der Waals surface area contributed by atoms with Crippen molar-refractivity contribution < 1.29 is 9.59 Å². The van der Waals surface area contributed by atoms with E-state index < -0.39 is 6.04 Å². The third-order valence-corrected chi connectivity index (χ3v) is 6.82. The Morgan fingerprint density at radius 3 is 2.48 bits per heavy atom. The summed E-state index contributed by atoms with van der Waals surface area (Å²) in [6.07, 6.45) is 1.68. The molecular weight excluding hydrogens is 476 g/mol. The molecule has 2 aromatic rings. The average molecular weight is 503 g/mol. The van der Waals surface area contributed by atoms with Gasteiger partial charge in [0.2, 0.25) is 0 Å². The molecule has 2 amide bonds. The normalized spacial score (nSPS) is 15.2. The summed E-state index contributed by atoms with van der Waals surface area (Å²) >= 11 is 5.01. The van der Waals surface area contributed by atoms with Gasteiger partial charge in [0.15, 0.2) is 0 Å². The summed E-state index contributed by atoms with van der Waals surface area (Å²) in [5.74, 6) is 0.619. The van der Waals surface area contributed by atoms with Gasteiger partial charge in [-0.05, 0) is 40.7 Å². The number of rotatable bonds is 8. The second-order valence-electron chi connectivity index (χ2n) is 7.46. The molecule has 0 aromatic heterocycles. The van der Waals surface area contributed by atoms with Gasteiger partial charge in [0, 0.05) is 47.6 Å². The highest BCUT2D eigenvalue weighted by Gasteiger charge is 2.23. The zero-order chi connectivity index (χ0) is 22.1. The first-order valence-corrected chi connectivity index (χ1v) is 12.2. The van der Waals surface area contributed by atoms with E-state index in [4.69, 9.17) is 0 Å². The fraction of sp³-hybridized carbons (Fsp3) is 0.348. The number of carbonyl (C=O) groups is 2. The van der Waals surface area contributed by atoms with E-state index in [1.807, 2.05) is 36.4 Å². The topological polar surface area (TPSA) is 73.8 Å². The molecule has 1 saturated heterocycles. The number of likely N-dealkylation sites (tertiary alicyclic amines) is 1. The highest BCUT2D eigenvalue weighted by Crippen LogP contribution is 2.17. The maximum atomic E-state index is 12.9. The predicted octanol–water partition coefficient (Wildman–Crippen LogP) is 3.68. The largest absolute Gasteiger partial charge is 0.339 e. The highest BCUT2D eigenvalue weighted by atomic mass is 79.9. The number of carbonyl (C=O) groups excluding carboxylic acids is 2. The number of benzene rings is 2. The van der Waals surface area contributed by atoms with Crippen molar-refractivity contribution in [2.75, 3.05) is 25.9 Å². The lowest BCUT2D eigenvalue weighted by Crippen LogP contribution is -2.47. The third kappa shape index (κ3) is 7.48. The zero-order valence-electron chi connectivity index (χ0n) is 17.5. The molecule has 1 atom stereocenters. The van der Waals surface area contributed by atoms with Gasteiger partial charge in [-0.2, -0.15) is 16.9 Å². The Balaban J connectivity index is 1.63. The number of piperidine rings is 1. The fourth-order valence-electron chi connectivity index (χ4n) is 3.13. The number of nitrogens with one attached hydrogen (secondary N) is 2. The number of hydrogen-bond acceptors (Lipinski definition) is 5. The summed E-state index contributed by atoms with van der Waals surface area (Å²) in [4.78, 5) is 27.9. The van der Waals surface area contributed by atoms with E-state index >= 15 is 0 Å². The van der Waals surface area contributed by atoms with Crippen molar-refractivity contribution in [1.29, 1.82) is 0 Å². The molecule has 8 heteroatoms. The molecule has 0 bridgehead atoms. The molecule has 6 nitrogen and oxygen atoms in total. The highest BCUT2D eigenvalue weighted by molar-refractivity contribution is 9.10. The lowest BCUT2D eigenvalue weighted by molar-refractivity contribution is -0.122. The van der Waals surface area contributed by atoms with Gasteiger partial charge >= 0.3 is 0 Å². The maximum absolute atomic E-state index is 12.9. The summed E-state index contributed by atoms with van der Waals surface area (Å²) in [7, 11) is 2.08. The van der Waals surface area contributed by atoms with Crippen LogP contribution in [0.2, 0.25) is 0 Å². The van der Waals surface area contributed by atoms with Crippen LogP contribution in [-0.2, 0) is 10.5 Å². The van der Waals surface area contributed by atoms with Crippen LogP contribution in [0.15, 0.2) is 64.2 Å². The molecule has 2 aromatic carbocycles. The Labute approximate surface area is 196 Å². The van der Waals surface area contributed by atoms with Crippen molar-refractivity contribution in [2.24, 2.45) is 5.10 Å². The van der Waals surface area contributed by atoms with E-state index in [1.165, 1.54) is 5.56 Å².